The van der Waals surface area contributed by atoms with Gasteiger partial charge in [-0.1, -0.05) is 42.5 Å². The van der Waals surface area contributed by atoms with Crippen LogP contribution in [0.1, 0.15) is 13.8 Å². The fourth-order valence-corrected chi connectivity index (χ4v) is 4.47. The van der Waals surface area contributed by atoms with Gasteiger partial charge < -0.3 is 20.6 Å². The number of nitrogens with zero attached hydrogens (tertiary/aromatic N) is 4. The summed E-state index contributed by atoms with van der Waals surface area (Å²) >= 11 is 0. The molecule has 0 atom stereocenters. The van der Waals surface area contributed by atoms with E-state index in [9.17, 15) is 5.11 Å². The van der Waals surface area contributed by atoms with Crippen molar-refractivity contribution in [1.82, 2.24) is 4.98 Å². The minimum absolute atomic E-state index is 0.202. The molecule has 0 spiro atoms. The summed E-state index contributed by atoms with van der Waals surface area (Å²) in [5.41, 5.74) is 7.44. The number of hydrogen-bond donors (Lipinski definition) is 3. The average Bonchev–Trinajstić information content (AvgIpc) is 2.99. The van der Waals surface area contributed by atoms with E-state index in [1.54, 1.807) is 18.2 Å². The Morgan fingerprint density at radius 3 is 2.05 bits per heavy atom. The highest BCUT2D eigenvalue weighted by molar-refractivity contribution is 5.84. The van der Waals surface area contributed by atoms with Crippen LogP contribution in [0.5, 0.6) is 5.75 Å². The minimum Gasteiger partial charge on any atom is -0.508 e. The van der Waals surface area contributed by atoms with Gasteiger partial charge in [-0.3, -0.25) is 0 Å². The molecule has 0 unspecified atom stereocenters. The molecule has 0 aliphatic heterocycles. The Hall–Kier alpha value is -5.17. The molecule has 0 aliphatic rings. The predicted molar refractivity (Wildman–Crippen MR) is 165 cm³/mol. The van der Waals surface area contributed by atoms with Crippen molar-refractivity contribution in [2.45, 2.75) is 13.8 Å². The molecule has 40 heavy (non-hydrogen) atoms. The maximum atomic E-state index is 9.99. The first-order valence-electron chi connectivity index (χ1n) is 13.4. The summed E-state index contributed by atoms with van der Waals surface area (Å²) in [4.78, 5) is 6.70. The van der Waals surface area contributed by atoms with E-state index in [2.05, 4.69) is 62.8 Å². The number of aromatic hydroxyl groups is 1. The van der Waals surface area contributed by atoms with Crippen LogP contribution in [-0.2, 0) is 0 Å². The van der Waals surface area contributed by atoms with E-state index in [-0.39, 0.29) is 5.75 Å². The molecule has 0 amide bonds. The SMILES string of the molecule is CCN(CC)c1cc(O)ccc1N=Nc1ccc(-c2ccc(Nc3ccccc3)cc2Nc2ccccc2)cn1. The average molecular weight is 529 g/mol. The van der Waals surface area contributed by atoms with Crippen LogP contribution in [0.3, 0.4) is 0 Å². The zero-order valence-electron chi connectivity index (χ0n) is 22.6. The fraction of sp³-hybridized carbons (Fsp3) is 0.121. The lowest BCUT2D eigenvalue weighted by molar-refractivity contribution is 0.475. The summed E-state index contributed by atoms with van der Waals surface area (Å²) in [5, 5.41) is 25.9. The number of aromatic nitrogens is 1. The number of para-hydroxylation sites is 2. The van der Waals surface area contributed by atoms with Gasteiger partial charge in [0.2, 0.25) is 0 Å². The molecule has 1 heterocycles. The molecule has 0 fully saturated rings. The van der Waals surface area contributed by atoms with Crippen molar-refractivity contribution >= 4 is 39.9 Å². The molecule has 0 radical (unpaired) electrons. The summed E-state index contributed by atoms with van der Waals surface area (Å²) in [7, 11) is 0. The van der Waals surface area contributed by atoms with Crippen LogP contribution in [0.15, 0.2) is 126 Å². The highest BCUT2D eigenvalue weighted by atomic mass is 16.3. The summed E-state index contributed by atoms with van der Waals surface area (Å²) in [5.74, 6) is 0.704. The largest absolute Gasteiger partial charge is 0.508 e. The molecule has 4 aromatic carbocycles. The molecule has 7 heteroatoms. The molecule has 7 nitrogen and oxygen atoms in total. The molecular weight excluding hydrogens is 496 g/mol. The zero-order valence-corrected chi connectivity index (χ0v) is 22.6. The highest BCUT2D eigenvalue weighted by Gasteiger charge is 2.11. The van der Waals surface area contributed by atoms with Crippen LogP contribution in [0.25, 0.3) is 11.1 Å². The van der Waals surface area contributed by atoms with Gasteiger partial charge in [0.1, 0.15) is 11.4 Å². The van der Waals surface area contributed by atoms with Crippen molar-refractivity contribution in [3.05, 3.63) is 115 Å². The number of rotatable bonds is 10. The topological polar surface area (TPSA) is 85.1 Å². The Morgan fingerprint density at radius 1 is 0.700 bits per heavy atom. The summed E-state index contributed by atoms with van der Waals surface area (Å²) in [6, 6.07) is 35.4. The van der Waals surface area contributed by atoms with E-state index in [1.165, 1.54) is 0 Å². The van der Waals surface area contributed by atoms with Crippen molar-refractivity contribution in [3.63, 3.8) is 0 Å². The molecule has 1 aromatic heterocycles. The first-order valence-corrected chi connectivity index (χ1v) is 13.4. The van der Waals surface area contributed by atoms with E-state index >= 15 is 0 Å². The van der Waals surface area contributed by atoms with Gasteiger partial charge >= 0.3 is 0 Å². The third-order valence-electron chi connectivity index (χ3n) is 6.52. The lowest BCUT2D eigenvalue weighted by Crippen LogP contribution is -2.21. The van der Waals surface area contributed by atoms with Crippen molar-refractivity contribution in [2.75, 3.05) is 28.6 Å². The number of azo groups is 1. The fourth-order valence-electron chi connectivity index (χ4n) is 4.47. The Balaban J connectivity index is 1.42. The summed E-state index contributed by atoms with van der Waals surface area (Å²) in [6.07, 6.45) is 1.81. The number of hydrogen-bond acceptors (Lipinski definition) is 7. The Morgan fingerprint density at radius 2 is 1.40 bits per heavy atom. The van der Waals surface area contributed by atoms with Crippen LogP contribution < -0.4 is 15.5 Å². The van der Waals surface area contributed by atoms with E-state index in [0.717, 1.165) is 52.7 Å². The van der Waals surface area contributed by atoms with Crippen LogP contribution in [0.2, 0.25) is 0 Å². The van der Waals surface area contributed by atoms with Crippen molar-refractivity contribution in [3.8, 4) is 16.9 Å². The lowest BCUT2D eigenvalue weighted by atomic mass is 10.0. The number of nitrogens with one attached hydrogen (secondary N) is 2. The van der Waals surface area contributed by atoms with E-state index < -0.39 is 0 Å². The van der Waals surface area contributed by atoms with Gasteiger partial charge in [-0.15, -0.1) is 10.2 Å². The third kappa shape index (κ3) is 6.45. The first-order chi connectivity index (χ1) is 19.6. The highest BCUT2D eigenvalue weighted by Crippen LogP contribution is 2.35. The van der Waals surface area contributed by atoms with Crippen LogP contribution >= 0.6 is 0 Å². The lowest BCUT2D eigenvalue weighted by Gasteiger charge is -2.22. The number of phenols is 1. The Kier molecular flexibility index (Phi) is 8.32. The van der Waals surface area contributed by atoms with Crippen LogP contribution in [-0.4, -0.2) is 23.2 Å². The molecule has 0 aliphatic carbocycles. The quantitative estimate of drug-likeness (QED) is 0.157. The van der Waals surface area contributed by atoms with E-state index in [4.69, 9.17) is 0 Å². The summed E-state index contributed by atoms with van der Waals surface area (Å²) in [6.45, 7) is 5.74. The maximum Gasteiger partial charge on any atom is 0.174 e. The normalized spacial score (nSPS) is 10.9. The minimum atomic E-state index is 0.202. The third-order valence-corrected chi connectivity index (χ3v) is 6.52. The molecule has 3 N–H and O–H groups in total. The molecule has 5 rings (SSSR count). The van der Waals surface area contributed by atoms with Crippen LogP contribution in [0, 0.1) is 0 Å². The van der Waals surface area contributed by atoms with Crippen LogP contribution in [0.4, 0.5) is 39.9 Å². The zero-order chi connectivity index (χ0) is 27.7. The number of anilines is 5. The smallest absolute Gasteiger partial charge is 0.174 e. The predicted octanol–water partition coefficient (Wildman–Crippen LogP) is 9.20. The molecule has 200 valence electrons. The number of pyridine rings is 1. The Bertz CT molecular complexity index is 1570. The van der Waals surface area contributed by atoms with Gasteiger partial charge in [0.15, 0.2) is 5.82 Å². The summed E-state index contributed by atoms with van der Waals surface area (Å²) < 4.78 is 0. The van der Waals surface area contributed by atoms with Crippen molar-refractivity contribution < 1.29 is 5.11 Å². The van der Waals surface area contributed by atoms with Gasteiger partial charge in [-0.2, -0.15) is 0 Å². The molecular formula is C33H32N6O. The van der Waals surface area contributed by atoms with E-state index in [0.29, 0.717) is 11.5 Å². The second-order valence-electron chi connectivity index (χ2n) is 9.19. The van der Waals surface area contributed by atoms with Crippen molar-refractivity contribution in [1.29, 1.82) is 0 Å². The van der Waals surface area contributed by atoms with Gasteiger partial charge in [0.25, 0.3) is 0 Å². The second-order valence-corrected chi connectivity index (χ2v) is 9.19. The standard InChI is InChI=1S/C33H32N6O/c1-3-39(4-2)32-22-28(40)17-19-30(32)37-38-33-20-15-24(23-34-33)29-18-16-27(35-25-11-7-5-8-12-25)21-31(29)36-26-13-9-6-10-14-26/h5-23,35-36,40H,3-4H2,1-2H3. The molecule has 5 aromatic rings. The van der Waals surface area contributed by atoms with Gasteiger partial charge in [0, 0.05) is 59.2 Å². The molecule has 0 bridgehead atoms. The van der Waals surface area contributed by atoms with Gasteiger partial charge in [-0.05, 0) is 74.5 Å². The molecule has 0 saturated carbocycles. The number of benzene rings is 4. The van der Waals surface area contributed by atoms with E-state index in [1.807, 2.05) is 79.0 Å². The maximum absolute atomic E-state index is 9.99. The number of phenolic OH excluding ortho intramolecular Hbond substituents is 1. The van der Waals surface area contributed by atoms with Crippen molar-refractivity contribution in [2.24, 2.45) is 10.2 Å². The Labute approximate surface area is 234 Å². The monoisotopic (exact) mass is 528 g/mol. The molecule has 0 saturated heterocycles. The second kappa shape index (κ2) is 12.6. The van der Waals surface area contributed by atoms with Gasteiger partial charge in [-0.25, -0.2) is 4.98 Å². The first kappa shape index (κ1) is 26.4. The van der Waals surface area contributed by atoms with Gasteiger partial charge in [0.05, 0.1) is 5.69 Å².